The van der Waals surface area contributed by atoms with Gasteiger partial charge >= 0.3 is 0 Å². The van der Waals surface area contributed by atoms with Gasteiger partial charge in [0.1, 0.15) is 0 Å². The topological polar surface area (TPSA) is 97.2 Å². The Bertz CT molecular complexity index is 864. The highest BCUT2D eigenvalue weighted by atomic mass is 32.2. The number of amides is 1. The zero-order valence-corrected chi connectivity index (χ0v) is 15.0. The molecule has 1 aromatic heterocycles. The number of carbonyl (C=O) groups is 1. The van der Waals surface area contributed by atoms with Crippen LogP contribution in [0.3, 0.4) is 0 Å². The summed E-state index contributed by atoms with van der Waals surface area (Å²) in [5, 5.41) is 7.72. The fraction of sp³-hybridized carbons (Fsp3) is 0.438. The van der Waals surface area contributed by atoms with E-state index in [0.29, 0.717) is 18.7 Å². The van der Waals surface area contributed by atoms with Crippen molar-refractivity contribution in [2.75, 3.05) is 19.6 Å². The number of rotatable bonds is 5. The highest BCUT2D eigenvalue weighted by Crippen LogP contribution is 2.20. The standard InChI is InChI=1S/C16H21N5O3S/c1-12-3-4-13(2)15(9-12)25(23,24)18-10-16(22)20-7-5-14(11-20)21-8-6-17-19-21/h3-4,6,8-9,14,18H,5,7,10-11H2,1-2H3. The molecule has 2 aromatic rings. The van der Waals surface area contributed by atoms with Gasteiger partial charge in [0.05, 0.1) is 23.7 Å². The lowest BCUT2D eigenvalue weighted by atomic mass is 10.2. The van der Waals surface area contributed by atoms with Gasteiger partial charge in [-0.05, 0) is 37.5 Å². The van der Waals surface area contributed by atoms with Crippen LogP contribution < -0.4 is 4.72 Å². The molecule has 0 radical (unpaired) electrons. The molecule has 2 heterocycles. The number of aromatic nitrogens is 3. The minimum absolute atomic E-state index is 0.0853. The summed E-state index contributed by atoms with van der Waals surface area (Å²) in [6.45, 7) is 4.40. The number of nitrogens with zero attached hydrogens (tertiary/aromatic N) is 4. The molecule has 0 bridgehead atoms. The quantitative estimate of drug-likeness (QED) is 0.841. The van der Waals surface area contributed by atoms with Crippen LogP contribution in [-0.2, 0) is 14.8 Å². The SMILES string of the molecule is Cc1ccc(C)c(S(=O)(=O)NCC(=O)N2CCC(n3ccnn3)C2)c1. The maximum Gasteiger partial charge on any atom is 0.241 e. The molecular formula is C16H21N5O3S. The number of aryl methyl sites for hydroxylation is 2. The first kappa shape index (κ1) is 17.6. The van der Waals surface area contributed by atoms with Gasteiger partial charge in [-0.1, -0.05) is 17.3 Å². The van der Waals surface area contributed by atoms with Crippen molar-refractivity contribution in [3.8, 4) is 0 Å². The molecule has 1 saturated heterocycles. The highest BCUT2D eigenvalue weighted by Gasteiger charge is 2.28. The minimum atomic E-state index is -3.72. The van der Waals surface area contributed by atoms with Crippen molar-refractivity contribution < 1.29 is 13.2 Å². The van der Waals surface area contributed by atoms with Crippen LogP contribution in [0.1, 0.15) is 23.6 Å². The Morgan fingerprint density at radius 3 is 2.88 bits per heavy atom. The Hall–Kier alpha value is -2.26. The molecule has 0 saturated carbocycles. The maximum absolute atomic E-state index is 12.5. The number of nitrogens with one attached hydrogen (secondary N) is 1. The van der Waals surface area contributed by atoms with Crippen LogP contribution in [0.25, 0.3) is 0 Å². The normalized spacial score (nSPS) is 17.8. The van der Waals surface area contributed by atoms with Crippen molar-refractivity contribution in [1.82, 2.24) is 24.6 Å². The van der Waals surface area contributed by atoms with Crippen molar-refractivity contribution in [3.05, 3.63) is 41.7 Å². The average molecular weight is 363 g/mol. The summed E-state index contributed by atoms with van der Waals surface area (Å²) < 4.78 is 29.1. The number of carbonyl (C=O) groups excluding carboxylic acids is 1. The second-order valence-corrected chi connectivity index (χ2v) is 7.99. The van der Waals surface area contributed by atoms with E-state index in [-0.39, 0.29) is 23.4 Å². The number of benzene rings is 1. The molecular weight excluding hydrogens is 342 g/mol. The van der Waals surface area contributed by atoms with E-state index in [9.17, 15) is 13.2 Å². The summed E-state index contributed by atoms with van der Waals surface area (Å²) in [5.74, 6) is -0.239. The zero-order valence-electron chi connectivity index (χ0n) is 14.2. The van der Waals surface area contributed by atoms with Gasteiger partial charge in [0.25, 0.3) is 0 Å². The number of sulfonamides is 1. The molecule has 1 N–H and O–H groups in total. The molecule has 1 aliphatic rings. The van der Waals surface area contributed by atoms with Crippen molar-refractivity contribution in [1.29, 1.82) is 0 Å². The first-order valence-corrected chi connectivity index (χ1v) is 9.55. The smallest absolute Gasteiger partial charge is 0.241 e. The number of likely N-dealkylation sites (tertiary alicyclic amines) is 1. The average Bonchev–Trinajstić information content (AvgIpc) is 3.25. The largest absolute Gasteiger partial charge is 0.339 e. The summed E-state index contributed by atoms with van der Waals surface area (Å²) >= 11 is 0. The molecule has 25 heavy (non-hydrogen) atoms. The van der Waals surface area contributed by atoms with Gasteiger partial charge < -0.3 is 4.90 Å². The minimum Gasteiger partial charge on any atom is -0.339 e. The fourth-order valence-corrected chi connectivity index (χ4v) is 4.24. The Labute approximate surface area is 146 Å². The Kier molecular flexibility index (Phi) is 4.87. The molecule has 1 fully saturated rings. The summed E-state index contributed by atoms with van der Waals surface area (Å²) in [7, 11) is -3.72. The third-order valence-electron chi connectivity index (χ3n) is 4.38. The molecule has 9 heteroatoms. The second kappa shape index (κ2) is 6.93. The van der Waals surface area contributed by atoms with Gasteiger partial charge in [0.2, 0.25) is 15.9 Å². The monoisotopic (exact) mass is 363 g/mol. The van der Waals surface area contributed by atoms with E-state index in [2.05, 4.69) is 15.0 Å². The van der Waals surface area contributed by atoms with Gasteiger partial charge in [0, 0.05) is 19.3 Å². The molecule has 0 aliphatic carbocycles. The molecule has 1 atom stereocenters. The van der Waals surface area contributed by atoms with Gasteiger partial charge in [-0.2, -0.15) is 0 Å². The molecule has 1 aliphatic heterocycles. The van der Waals surface area contributed by atoms with E-state index in [4.69, 9.17) is 0 Å². The lowest BCUT2D eigenvalue weighted by Gasteiger charge is -2.17. The second-order valence-electron chi connectivity index (χ2n) is 6.26. The van der Waals surface area contributed by atoms with Crippen LogP contribution in [0.15, 0.2) is 35.5 Å². The fourth-order valence-electron chi connectivity index (χ4n) is 2.94. The van der Waals surface area contributed by atoms with Crippen molar-refractivity contribution in [3.63, 3.8) is 0 Å². The third kappa shape index (κ3) is 3.88. The Balaban J connectivity index is 1.61. The first-order chi connectivity index (χ1) is 11.9. The van der Waals surface area contributed by atoms with Crippen LogP contribution in [0.4, 0.5) is 0 Å². The van der Waals surface area contributed by atoms with Crippen LogP contribution in [0.5, 0.6) is 0 Å². The molecule has 0 spiro atoms. The van der Waals surface area contributed by atoms with Crippen LogP contribution in [0, 0.1) is 13.8 Å². The molecule has 3 rings (SSSR count). The van der Waals surface area contributed by atoms with E-state index >= 15 is 0 Å². The molecule has 1 aromatic carbocycles. The summed E-state index contributed by atoms with van der Waals surface area (Å²) in [5.41, 5.74) is 1.51. The van der Waals surface area contributed by atoms with Gasteiger partial charge in [-0.25, -0.2) is 17.8 Å². The first-order valence-electron chi connectivity index (χ1n) is 8.07. The summed E-state index contributed by atoms with van der Waals surface area (Å²) in [4.78, 5) is 14.2. The number of hydrogen-bond acceptors (Lipinski definition) is 5. The van der Waals surface area contributed by atoms with Gasteiger partial charge in [-0.3, -0.25) is 4.79 Å². The van der Waals surface area contributed by atoms with Gasteiger partial charge in [0.15, 0.2) is 0 Å². The van der Waals surface area contributed by atoms with E-state index in [1.807, 2.05) is 13.0 Å². The number of hydrogen-bond donors (Lipinski definition) is 1. The summed E-state index contributed by atoms with van der Waals surface area (Å²) in [6.07, 6.45) is 4.14. The van der Waals surface area contributed by atoms with Crippen LogP contribution in [-0.4, -0.2) is 53.9 Å². The van der Waals surface area contributed by atoms with Crippen molar-refractivity contribution in [2.24, 2.45) is 0 Å². The Morgan fingerprint density at radius 1 is 1.36 bits per heavy atom. The maximum atomic E-state index is 12.5. The molecule has 1 amide bonds. The highest BCUT2D eigenvalue weighted by molar-refractivity contribution is 7.89. The Morgan fingerprint density at radius 2 is 2.16 bits per heavy atom. The summed E-state index contributed by atoms with van der Waals surface area (Å²) in [6, 6.07) is 5.31. The third-order valence-corrected chi connectivity index (χ3v) is 5.92. The van der Waals surface area contributed by atoms with E-state index in [0.717, 1.165) is 12.0 Å². The molecule has 1 unspecified atom stereocenters. The van der Waals surface area contributed by atoms with E-state index < -0.39 is 10.0 Å². The lowest BCUT2D eigenvalue weighted by molar-refractivity contribution is -0.129. The molecule has 134 valence electrons. The predicted molar refractivity (Wildman–Crippen MR) is 91.4 cm³/mol. The molecule has 8 nitrogen and oxygen atoms in total. The zero-order chi connectivity index (χ0) is 18.0. The lowest BCUT2D eigenvalue weighted by Crippen LogP contribution is -2.39. The van der Waals surface area contributed by atoms with E-state index in [1.165, 1.54) is 0 Å². The van der Waals surface area contributed by atoms with Crippen LogP contribution in [0.2, 0.25) is 0 Å². The van der Waals surface area contributed by atoms with E-state index in [1.54, 1.807) is 41.0 Å². The van der Waals surface area contributed by atoms with Crippen LogP contribution >= 0.6 is 0 Å². The van der Waals surface area contributed by atoms with Crippen molar-refractivity contribution >= 4 is 15.9 Å². The van der Waals surface area contributed by atoms with Crippen molar-refractivity contribution in [2.45, 2.75) is 31.2 Å². The van der Waals surface area contributed by atoms with Gasteiger partial charge in [-0.15, -0.1) is 5.10 Å². The predicted octanol–water partition coefficient (Wildman–Crippen LogP) is 0.647.